The quantitative estimate of drug-likeness (QED) is 0.709. The molecule has 2 amide bonds. The summed E-state index contributed by atoms with van der Waals surface area (Å²) in [4.78, 5) is 28.3. The maximum Gasteiger partial charge on any atom is 0.410 e. The van der Waals surface area contributed by atoms with Crippen molar-refractivity contribution < 1.29 is 19.1 Å². The van der Waals surface area contributed by atoms with Gasteiger partial charge in [0.05, 0.1) is 31.4 Å². The van der Waals surface area contributed by atoms with Crippen LogP contribution < -0.4 is 5.32 Å². The van der Waals surface area contributed by atoms with E-state index in [1.165, 1.54) is 4.90 Å². The average molecular weight is 372 g/mol. The van der Waals surface area contributed by atoms with Gasteiger partial charge in [-0.05, 0) is 24.6 Å². The molecule has 1 aromatic rings. The van der Waals surface area contributed by atoms with E-state index in [-0.39, 0.29) is 19.1 Å². The SMILES string of the molecule is N#Cc1ccccc1CN1C(=O)OC[C@H]1C(=O)NCCCN1CCOCC1. The molecular formula is C19H24N4O4. The van der Waals surface area contributed by atoms with Gasteiger partial charge in [-0.2, -0.15) is 5.26 Å². The van der Waals surface area contributed by atoms with Crippen molar-refractivity contribution >= 4 is 12.0 Å². The van der Waals surface area contributed by atoms with Crippen molar-refractivity contribution in [2.75, 3.05) is 46.0 Å². The highest BCUT2D eigenvalue weighted by atomic mass is 16.6. The lowest BCUT2D eigenvalue weighted by atomic mass is 10.1. The Morgan fingerprint density at radius 3 is 2.85 bits per heavy atom. The average Bonchev–Trinajstić information content (AvgIpc) is 3.07. The summed E-state index contributed by atoms with van der Waals surface area (Å²) in [6.07, 6.45) is 0.307. The monoisotopic (exact) mass is 372 g/mol. The Bertz CT molecular complexity index is 712. The fourth-order valence-electron chi connectivity index (χ4n) is 3.25. The summed E-state index contributed by atoms with van der Waals surface area (Å²) in [5.74, 6) is -0.225. The van der Waals surface area contributed by atoms with Crippen LogP contribution in [0.25, 0.3) is 0 Å². The topological polar surface area (TPSA) is 94.9 Å². The molecule has 2 aliphatic heterocycles. The van der Waals surface area contributed by atoms with E-state index < -0.39 is 12.1 Å². The zero-order chi connectivity index (χ0) is 19.1. The number of benzene rings is 1. The zero-order valence-electron chi connectivity index (χ0n) is 15.2. The van der Waals surface area contributed by atoms with E-state index in [1.807, 2.05) is 0 Å². The van der Waals surface area contributed by atoms with Gasteiger partial charge in [-0.1, -0.05) is 18.2 Å². The van der Waals surface area contributed by atoms with E-state index in [2.05, 4.69) is 16.3 Å². The number of amides is 2. The maximum absolute atomic E-state index is 12.5. The number of nitrogens with zero attached hydrogens (tertiary/aromatic N) is 3. The fourth-order valence-corrected chi connectivity index (χ4v) is 3.25. The summed E-state index contributed by atoms with van der Waals surface area (Å²) in [6.45, 7) is 5.01. The third kappa shape index (κ3) is 4.96. The Kier molecular flexibility index (Phi) is 6.63. The van der Waals surface area contributed by atoms with Crippen LogP contribution in [-0.4, -0.2) is 73.8 Å². The molecule has 0 radical (unpaired) electrons. The molecule has 0 aromatic heterocycles. The number of carbonyl (C=O) groups is 2. The molecule has 0 spiro atoms. The van der Waals surface area contributed by atoms with Gasteiger partial charge >= 0.3 is 6.09 Å². The van der Waals surface area contributed by atoms with Crippen molar-refractivity contribution in [3.05, 3.63) is 35.4 Å². The van der Waals surface area contributed by atoms with Gasteiger partial charge in [0.25, 0.3) is 0 Å². The van der Waals surface area contributed by atoms with Crippen LogP contribution in [0.15, 0.2) is 24.3 Å². The zero-order valence-corrected chi connectivity index (χ0v) is 15.2. The summed E-state index contributed by atoms with van der Waals surface area (Å²) >= 11 is 0. The Balaban J connectivity index is 1.50. The van der Waals surface area contributed by atoms with Crippen LogP contribution in [0.3, 0.4) is 0 Å². The van der Waals surface area contributed by atoms with Crippen LogP contribution in [-0.2, 0) is 20.8 Å². The van der Waals surface area contributed by atoms with Gasteiger partial charge in [0.2, 0.25) is 5.91 Å². The van der Waals surface area contributed by atoms with Gasteiger partial charge < -0.3 is 14.8 Å². The Hall–Kier alpha value is -2.63. The van der Waals surface area contributed by atoms with Crippen molar-refractivity contribution in [1.29, 1.82) is 5.26 Å². The molecule has 3 rings (SSSR count). The highest BCUT2D eigenvalue weighted by Crippen LogP contribution is 2.19. The minimum absolute atomic E-state index is 0.0306. The highest BCUT2D eigenvalue weighted by Gasteiger charge is 2.38. The van der Waals surface area contributed by atoms with E-state index in [1.54, 1.807) is 24.3 Å². The molecule has 1 N–H and O–H groups in total. The van der Waals surface area contributed by atoms with Crippen LogP contribution in [0.5, 0.6) is 0 Å². The Labute approximate surface area is 158 Å². The number of morpholine rings is 1. The molecule has 0 bridgehead atoms. The first kappa shape index (κ1) is 19.1. The molecule has 8 heteroatoms. The summed E-state index contributed by atoms with van der Waals surface area (Å²) in [5, 5.41) is 12.1. The molecule has 1 aromatic carbocycles. The summed E-state index contributed by atoms with van der Waals surface area (Å²) in [5.41, 5.74) is 1.19. The number of cyclic esters (lactones) is 1. The Morgan fingerprint density at radius 2 is 2.07 bits per heavy atom. The van der Waals surface area contributed by atoms with E-state index in [4.69, 9.17) is 9.47 Å². The maximum atomic E-state index is 12.5. The van der Waals surface area contributed by atoms with Crippen molar-refractivity contribution in [2.24, 2.45) is 0 Å². The fraction of sp³-hybridized carbons (Fsp3) is 0.526. The van der Waals surface area contributed by atoms with E-state index >= 15 is 0 Å². The third-order valence-corrected chi connectivity index (χ3v) is 4.81. The van der Waals surface area contributed by atoms with Crippen molar-refractivity contribution in [3.63, 3.8) is 0 Å². The lowest BCUT2D eigenvalue weighted by molar-refractivity contribution is -0.125. The molecule has 27 heavy (non-hydrogen) atoms. The lowest BCUT2D eigenvalue weighted by Crippen LogP contribution is -2.46. The van der Waals surface area contributed by atoms with Gasteiger partial charge in [0, 0.05) is 19.6 Å². The van der Waals surface area contributed by atoms with Crippen LogP contribution >= 0.6 is 0 Å². The highest BCUT2D eigenvalue weighted by molar-refractivity contribution is 5.87. The van der Waals surface area contributed by atoms with E-state index in [9.17, 15) is 14.9 Å². The first-order valence-corrected chi connectivity index (χ1v) is 9.18. The van der Waals surface area contributed by atoms with Crippen LogP contribution in [0.4, 0.5) is 4.79 Å². The molecule has 2 aliphatic rings. The number of ether oxygens (including phenoxy) is 2. The molecule has 8 nitrogen and oxygen atoms in total. The number of hydrogen-bond donors (Lipinski definition) is 1. The van der Waals surface area contributed by atoms with Crippen LogP contribution in [0.1, 0.15) is 17.5 Å². The number of nitrogens with one attached hydrogen (secondary N) is 1. The van der Waals surface area contributed by atoms with Crippen LogP contribution in [0.2, 0.25) is 0 Å². The summed E-state index contributed by atoms with van der Waals surface area (Å²) < 4.78 is 10.4. The molecule has 2 fully saturated rings. The number of rotatable bonds is 7. The largest absolute Gasteiger partial charge is 0.447 e. The molecule has 0 unspecified atom stereocenters. The van der Waals surface area contributed by atoms with Crippen molar-refractivity contribution in [2.45, 2.75) is 19.0 Å². The Morgan fingerprint density at radius 1 is 1.30 bits per heavy atom. The predicted octanol–water partition coefficient (Wildman–Crippen LogP) is 0.718. The van der Waals surface area contributed by atoms with Gasteiger partial charge in [-0.15, -0.1) is 0 Å². The van der Waals surface area contributed by atoms with Crippen LogP contribution in [0, 0.1) is 11.3 Å². The summed E-state index contributed by atoms with van der Waals surface area (Å²) in [7, 11) is 0. The second-order valence-corrected chi connectivity index (χ2v) is 6.59. The number of hydrogen-bond acceptors (Lipinski definition) is 6. The third-order valence-electron chi connectivity index (χ3n) is 4.81. The normalized spacial score (nSPS) is 20.2. The van der Waals surface area contributed by atoms with Gasteiger partial charge in [0.15, 0.2) is 0 Å². The van der Waals surface area contributed by atoms with Gasteiger partial charge in [0.1, 0.15) is 12.6 Å². The molecule has 144 valence electrons. The molecule has 1 atom stereocenters. The van der Waals surface area contributed by atoms with Gasteiger partial charge in [-0.25, -0.2) is 4.79 Å². The predicted molar refractivity (Wildman–Crippen MR) is 96.7 cm³/mol. The second kappa shape index (κ2) is 9.35. The van der Waals surface area contributed by atoms with Crippen molar-refractivity contribution in [3.8, 4) is 6.07 Å². The van der Waals surface area contributed by atoms with E-state index in [0.29, 0.717) is 17.7 Å². The molecule has 0 aliphatic carbocycles. The minimum Gasteiger partial charge on any atom is -0.447 e. The van der Waals surface area contributed by atoms with Crippen molar-refractivity contribution in [1.82, 2.24) is 15.1 Å². The number of carbonyl (C=O) groups excluding carboxylic acids is 2. The number of nitriles is 1. The summed E-state index contributed by atoms with van der Waals surface area (Å²) in [6, 6.07) is 8.48. The minimum atomic E-state index is -0.673. The molecule has 2 saturated heterocycles. The molecule has 2 heterocycles. The molecular weight excluding hydrogens is 348 g/mol. The first-order chi connectivity index (χ1) is 13.2. The van der Waals surface area contributed by atoms with Gasteiger partial charge in [-0.3, -0.25) is 14.6 Å². The second-order valence-electron chi connectivity index (χ2n) is 6.59. The smallest absolute Gasteiger partial charge is 0.410 e. The first-order valence-electron chi connectivity index (χ1n) is 9.18. The molecule has 0 saturated carbocycles. The van der Waals surface area contributed by atoms with E-state index in [0.717, 1.165) is 39.3 Å². The standard InChI is InChI=1S/C19H24N4O4/c20-12-15-4-1-2-5-16(15)13-23-17(14-27-19(23)25)18(24)21-6-3-7-22-8-10-26-11-9-22/h1-2,4-5,17H,3,6-11,13-14H2,(H,21,24)/t17-/m0/s1. The lowest BCUT2D eigenvalue weighted by Gasteiger charge is -2.26.